The van der Waals surface area contributed by atoms with Crippen LogP contribution in [0.15, 0.2) is 17.0 Å². The molecular formula is C14H23N3S. The Kier molecular flexibility index (Phi) is 5.35. The van der Waals surface area contributed by atoms with Gasteiger partial charge in [-0.15, -0.1) is 11.3 Å². The fourth-order valence-electron chi connectivity index (χ4n) is 2.06. The topological polar surface area (TPSA) is 28.2 Å². The van der Waals surface area contributed by atoms with E-state index in [1.807, 2.05) is 0 Å². The van der Waals surface area contributed by atoms with E-state index in [0.29, 0.717) is 0 Å². The molecular weight excluding hydrogens is 242 g/mol. The molecule has 2 rings (SSSR count). The van der Waals surface area contributed by atoms with E-state index in [9.17, 15) is 0 Å². The number of hydrogen-bond acceptors (Lipinski definition) is 4. The molecule has 1 aromatic heterocycles. The molecule has 0 spiro atoms. The first kappa shape index (κ1) is 13.7. The van der Waals surface area contributed by atoms with Crippen molar-refractivity contribution in [2.45, 2.75) is 39.8 Å². The molecule has 1 aliphatic heterocycles. The van der Waals surface area contributed by atoms with Crippen molar-refractivity contribution in [3.63, 3.8) is 0 Å². The zero-order chi connectivity index (χ0) is 12.8. The van der Waals surface area contributed by atoms with Crippen LogP contribution in [-0.4, -0.2) is 29.5 Å². The van der Waals surface area contributed by atoms with Crippen LogP contribution in [0.3, 0.4) is 0 Å². The van der Waals surface area contributed by atoms with Gasteiger partial charge in [0, 0.05) is 31.6 Å². The Morgan fingerprint density at radius 3 is 3.11 bits per heavy atom. The van der Waals surface area contributed by atoms with E-state index in [-0.39, 0.29) is 0 Å². The minimum Gasteiger partial charge on any atom is -0.310 e. The van der Waals surface area contributed by atoms with E-state index in [1.165, 1.54) is 35.7 Å². The van der Waals surface area contributed by atoms with Crippen LogP contribution in [-0.2, 0) is 13.1 Å². The highest BCUT2D eigenvalue weighted by Gasteiger charge is 2.11. The fourth-order valence-corrected chi connectivity index (χ4v) is 2.81. The molecule has 0 aromatic carbocycles. The predicted molar refractivity (Wildman–Crippen MR) is 77.8 cm³/mol. The third kappa shape index (κ3) is 4.19. The first-order chi connectivity index (χ1) is 8.78. The van der Waals surface area contributed by atoms with E-state index in [0.717, 1.165) is 26.2 Å². The number of hydrogen-bond donors (Lipinski definition) is 1. The van der Waals surface area contributed by atoms with Gasteiger partial charge in [0.05, 0.1) is 5.69 Å². The maximum Gasteiger partial charge on any atom is 0.107 e. The molecule has 1 N–H and O–H groups in total. The summed E-state index contributed by atoms with van der Waals surface area (Å²) in [6.07, 6.45) is 4.71. The molecule has 0 unspecified atom stereocenters. The van der Waals surface area contributed by atoms with Gasteiger partial charge in [0.2, 0.25) is 0 Å². The Hall–Kier alpha value is -0.710. The molecule has 0 saturated heterocycles. The second-order valence-electron chi connectivity index (χ2n) is 4.94. The van der Waals surface area contributed by atoms with Crippen molar-refractivity contribution >= 4 is 11.3 Å². The Bertz CT molecular complexity index is 397. The van der Waals surface area contributed by atoms with Gasteiger partial charge in [-0.05, 0) is 26.3 Å². The summed E-state index contributed by atoms with van der Waals surface area (Å²) in [6, 6.07) is 0. The predicted octanol–water partition coefficient (Wildman–Crippen LogP) is 2.79. The van der Waals surface area contributed by atoms with Gasteiger partial charge in [-0.2, -0.15) is 0 Å². The Labute approximate surface area is 114 Å². The highest BCUT2D eigenvalue weighted by molar-refractivity contribution is 7.09. The van der Waals surface area contributed by atoms with Crippen molar-refractivity contribution in [1.82, 2.24) is 15.2 Å². The quantitative estimate of drug-likeness (QED) is 0.633. The first-order valence-electron chi connectivity index (χ1n) is 6.80. The zero-order valence-electron chi connectivity index (χ0n) is 11.4. The summed E-state index contributed by atoms with van der Waals surface area (Å²) in [5.74, 6) is 0. The average Bonchev–Trinajstić information content (AvgIpc) is 2.80. The second-order valence-corrected chi connectivity index (χ2v) is 5.89. The molecule has 0 amide bonds. The minimum absolute atomic E-state index is 0.914. The van der Waals surface area contributed by atoms with Gasteiger partial charge in [0.25, 0.3) is 0 Å². The lowest BCUT2D eigenvalue weighted by Crippen LogP contribution is -2.28. The molecule has 0 radical (unpaired) electrons. The Balaban J connectivity index is 1.79. The van der Waals surface area contributed by atoms with Crippen LogP contribution in [0.4, 0.5) is 0 Å². The maximum absolute atomic E-state index is 4.69. The van der Waals surface area contributed by atoms with Crippen LogP contribution < -0.4 is 5.32 Å². The molecule has 0 bridgehead atoms. The van der Waals surface area contributed by atoms with Crippen molar-refractivity contribution in [2.75, 3.05) is 19.6 Å². The standard InChI is InChI=1S/C14H23N3S/c1-3-6-15-9-14-16-13(11-18-14)10-17-7-4-12(2)5-8-17/h4,11,15H,3,5-10H2,1-2H3. The second kappa shape index (κ2) is 7.02. The fraction of sp³-hybridized carbons (Fsp3) is 0.643. The van der Waals surface area contributed by atoms with Gasteiger partial charge in [-0.3, -0.25) is 4.90 Å². The van der Waals surface area contributed by atoms with Crippen molar-refractivity contribution in [2.24, 2.45) is 0 Å². The number of nitrogens with zero attached hydrogens (tertiary/aromatic N) is 2. The van der Waals surface area contributed by atoms with E-state index >= 15 is 0 Å². The zero-order valence-corrected chi connectivity index (χ0v) is 12.2. The van der Waals surface area contributed by atoms with E-state index in [4.69, 9.17) is 0 Å². The molecule has 18 heavy (non-hydrogen) atoms. The van der Waals surface area contributed by atoms with Crippen LogP contribution in [0.1, 0.15) is 37.4 Å². The Morgan fingerprint density at radius 2 is 2.39 bits per heavy atom. The van der Waals surface area contributed by atoms with E-state index in [2.05, 4.69) is 40.5 Å². The smallest absolute Gasteiger partial charge is 0.107 e. The molecule has 2 heterocycles. The molecule has 3 nitrogen and oxygen atoms in total. The molecule has 100 valence electrons. The van der Waals surface area contributed by atoms with Crippen LogP contribution in [0.5, 0.6) is 0 Å². The lowest BCUT2D eigenvalue weighted by molar-refractivity contribution is 0.283. The Morgan fingerprint density at radius 1 is 1.50 bits per heavy atom. The van der Waals surface area contributed by atoms with Crippen molar-refractivity contribution in [3.05, 3.63) is 27.7 Å². The van der Waals surface area contributed by atoms with Crippen LogP contribution in [0, 0.1) is 0 Å². The van der Waals surface area contributed by atoms with Crippen molar-refractivity contribution in [1.29, 1.82) is 0 Å². The lowest BCUT2D eigenvalue weighted by Gasteiger charge is -2.24. The molecule has 1 aliphatic rings. The molecule has 0 aliphatic carbocycles. The van der Waals surface area contributed by atoms with Crippen LogP contribution in [0.2, 0.25) is 0 Å². The van der Waals surface area contributed by atoms with E-state index in [1.54, 1.807) is 11.3 Å². The highest BCUT2D eigenvalue weighted by Crippen LogP contribution is 2.15. The highest BCUT2D eigenvalue weighted by atomic mass is 32.1. The maximum atomic E-state index is 4.69. The van der Waals surface area contributed by atoms with Crippen LogP contribution in [0.25, 0.3) is 0 Å². The van der Waals surface area contributed by atoms with Crippen molar-refractivity contribution < 1.29 is 0 Å². The summed E-state index contributed by atoms with van der Waals surface area (Å²) in [4.78, 5) is 7.15. The molecule has 4 heteroatoms. The summed E-state index contributed by atoms with van der Waals surface area (Å²) in [7, 11) is 0. The van der Waals surface area contributed by atoms with Crippen molar-refractivity contribution in [3.8, 4) is 0 Å². The summed E-state index contributed by atoms with van der Waals surface area (Å²) >= 11 is 1.77. The number of thiazole rings is 1. The van der Waals surface area contributed by atoms with Gasteiger partial charge >= 0.3 is 0 Å². The molecule has 0 fully saturated rings. The third-order valence-corrected chi connectivity index (χ3v) is 4.11. The first-order valence-corrected chi connectivity index (χ1v) is 7.68. The molecule has 1 aromatic rings. The van der Waals surface area contributed by atoms with Gasteiger partial charge in [-0.25, -0.2) is 4.98 Å². The third-order valence-electron chi connectivity index (χ3n) is 3.21. The normalized spacial score (nSPS) is 16.9. The van der Waals surface area contributed by atoms with Crippen LogP contribution >= 0.6 is 11.3 Å². The molecule has 0 atom stereocenters. The molecule has 0 saturated carbocycles. The average molecular weight is 265 g/mol. The largest absolute Gasteiger partial charge is 0.310 e. The summed E-state index contributed by atoms with van der Waals surface area (Å²) < 4.78 is 0. The van der Waals surface area contributed by atoms with Gasteiger partial charge in [0.15, 0.2) is 0 Å². The summed E-state index contributed by atoms with van der Waals surface area (Å²) in [6.45, 7) is 9.64. The monoisotopic (exact) mass is 265 g/mol. The van der Waals surface area contributed by atoms with Gasteiger partial charge < -0.3 is 5.32 Å². The van der Waals surface area contributed by atoms with Gasteiger partial charge in [0.1, 0.15) is 5.01 Å². The number of rotatable bonds is 6. The van der Waals surface area contributed by atoms with Gasteiger partial charge in [-0.1, -0.05) is 18.6 Å². The number of nitrogens with one attached hydrogen (secondary N) is 1. The minimum atomic E-state index is 0.914. The lowest BCUT2D eigenvalue weighted by atomic mass is 10.1. The SMILES string of the molecule is CCCNCc1nc(CN2CC=C(C)CC2)cs1. The summed E-state index contributed by atoms with van der Waals surface area (Å²) in [5.41, 5.74) is 2.75. The summed E-state index contributed by atoms with van der Waals surface area (Å²) in [5, 5.41) is 6.81. The number of aromatic nitrogens is 1. The van der Waals surface area contributed by atoms with E-state index < -0.39 is 0 Å².